The number of nitrogens with zero attached hydrogens (tertiary/aromatic N) is 2. The minimum absolute atomic E-state index is 0.0486. The van der Waals surface area contributed by atoms with E-state index in [1.165, 1.54) is 5.56 Å². The number of aromatic nitrogens is 2. The Labute approximate surface area is 152 Å². The Balaban J connectivity index is 1.73. The predicted octanol–water partition coefficient (Wildman–Crippen LogP) is 3.20. The van der Waals surface area contributed by atoms with E-state index in [1.807, 2.05) is 24.4 Å². The minimum atomic E-state index is -0.215. The highest BCUT2D eigenvalue weighted by Crippen LogP contribution is 2.44. The number of ether oxygens (including phenoxy) is 1. The van der Waals surface area contributed by atoms with Gasteiger partial charge in [-0.05, 0) is 31.5 Å². The smallest absolute Gasteiger partial charge is 0.221 e. The summed E-state index contributed by atoms with van der Waals surface area (Å²) in [7, 11) is 0. The summed E-state index contributed by atoms with van der Waals surface area (Å²) < 4.78 is 8.41. The largest absolute Gasteiger partial charge is 0.487 e. The first kappa shape index (κ1) is 15.4. The summed E-state index contributed by atoms with van der Waals surface area (Å²) in [6.07, 6.45) is 3.31. The number of amides is 1. The van der Waals surface area contributed by atoms with Gasteiger partial charge in [-0.2, -0.15) is 0 Å². The van der Waals surface area contributed by atoms with Gasteiger partial charge in [0.25, 0.3) is 0 Å². The van der Waals surface area contributed by atoms with Gasteiger partial charge >= 0.3 is 0 Å². The SMILES string of the molecule is CC1(C)Cc2cccc([C@@H]3CC(=O)NCc4nc5ccccn5c43)c2O1. The summed E-state index contributed by atoms with van der Waals surface area (Å²) >= 11 is 0. The van der Waals surface area contributed by atoms with Crippen LogP contribution in [0.1, 0.15) is 48.7 Å². The predicted molar refractivity (Wildman–Crippen MR) is 98.4 cm³/mol. The lowest BCUT2D eigenvalue weighted by Gasteiger charge is -2.21. The number of carbonyl (C=O) groups is 1. The number of rotatable bonds is 1. The molecule has 0 unspecified atom stereocenters. The standard InChI is InChI=1S/C21H21N3O2/c1-21(2)11-13-6-5-7-14(20(13)26-21)15-10-18(25)22-12-16-19(15)24-9-4-3-8-17(24)23-16/h3-9,15H,10-12H2,1-2H3,(H,22,25)/t15-/m0/s1. The fraction of sp³-hybridized carbons (Fsp3) is 0.333. The van der Waals surface area contributed by atoms with E-state index in [1.54, 1.807) is 0 Å². The Morgan fingerprint density at radius 1 is 1.23 bits per heavy atom. The number of pyridine rings is 1. The molecule has 26 heavy (non-hydrogen) atoms. The van der Waals surface area contributed by atoms with E-state index in [4.69, 9.17) is 9.72 Å². The second-order valence-electron chi connectivity index (χ2n) is 7.78. The van der Waals surface area contributed by atoms with Gasteiger partial charge in [0.05, 0.1) is 17.9 Å². The zero-order chi connectivity index (χ0) is 17.9. The summed E-state index contributed by atoms with van der Waals surface area (Å²) in [6, 6.07) is 12.3. The first-order chi connectivity index (χ1) is 12.5. The van der Waals surface area contributed by atoms with Crippen molar-refractivity contribution in [1.82, 2.24) is 14.7 Å². The number of imidazole rings is 1. The number of hydrogen-bond acceptors (Lipinski definition) is 3. The van der Waals surface area contributed by atoms with Crippen LogP contribution in [0.4, 0.5) is 0 Å². The lowest BCUT2D eigenvalue weighted by atomic mass is 9.89. The highest BCUT2D eigenvalue weighted by atomic mass is 16.5. The molecule has 1 N–H and O–H groups in total. The number of fused-ring (bicyclic) bond motifs is 4. The lowest BCUT2D eigenvalue weighted by molar-refractivity contribution is -0.121. The van der Waals surface area contributed by atoms with Crippen molar-refractivity contribution in [3.8, 4) is 5.75 Å². The number of hydrogen-bond donors (Lipinski definition) is 1. The molecule has 5 nitrogen and oxygen atoms in total. The molecule has 3 aromatic rings. The fourth-order valence-corrected chi connectivity index (χ4v) is 4.27. The molecule has 0 aliphatic carbocycles. The maximum atomic E-state index is 12.4. The van der Waals surface area contributed by atoms with Crippen LogP contribution in [0.5, 0.6) is 5.75 Å². The number of carbonyl (C=O) groups excluding carboxylic acids is 1. The highest BCUT2D eigenvalue weighted by Gasteiger charge is 2.36. The average Bonchev–Trinajstić information content (AvgIpc) is 3.08. The number of para-hydroxylation sites is 1. The molecule has 2 aliphatic rings. The van der Waals surface area contributed by atoms with Crippen LogP contribution in [0.15, 0.2) is 42.6 Å². The zero-order valence-corrected chi connectivity index (χ0v) is 15.0. The second-order valence-corrected chi connectivity index (χ2v) is 7.78. The third-order valence-corrected chi connectivity index (χ3v) is 5.31. The van der Waals surface area contributed by atoms with Crippen LogP contribution < -0.4 is 10.1 Å². The van der Waals surface area contributed by atoms with E-state index >= 15 is 0 Å². The van der Waals surface area contributed by atoms with E-state index in [-0.39, 0.29) is 17.4 Å². The van der Waals surface area contributed by atoms with Crippen LogP contribution in [-0.4, -0.2) is 20.9 Å². The van der Waals surface area contributed by atoms with Crippen LogP contribution in [0.3, 0.4) is 0 Å². The van der Waals surface area contributed by atoms with E-state index in [0.29, 0.717) is 13.0 Å². The Kier molecular flexibility index (Phi) is 3.17. The Bertz CT molecular complexity index is 1030. The molecular weight excluding hydrogens is 326 g/mol. The van der Waals surface area contributed by atoms with Crippen molar-refractivity contribution >= 4 is 11.6 Å². The molecular formula is C21H21N3O2. The second kappa shape index (κ2) is 5.34. The van der Waals surface area contributed by atoms with E-state index in [2.05, 4.69) is 41.8 Å². The molecule has 2 aromatic heterocycles. The average molecular weight is 347 g/mol. The number of benzene rings is 1. The third kappa shape index (κ3) is 2.30. The van der Waals surface area contributed by atoms with Crippen molar-refractivity contribution in [2.24, 2.45) is 0 Å². The fourth-order valence-electron chi connectivity index (χ4n) is 4.27. The van der Waals surface area contributed by atoms with Gasteiger partial charge in [-0.15, -0.1) is 0 Å². The normalized spacial score (nSPS) is 20.8. The molecule has 2 aliphatic heterocycles. The summed E-state index contributed by atoms with van der Waals surface area (Å²) in [5.74, 6) is 0.912. The highest BCUT2D eigenvalue weighted by molar-refractivity contribution is 5.79. The molecule has 0 fully saturated rings. The van der Waals surface area contributed by atoms with Gasteiger partial charge < -0.3 is 14.5 Å². The van der Waals surface area contributed by atoms with E-state index < -0.39 is 0 Å². The van der Waals surface area contributed by atoms with Gasteiger partial charge in [0.15, 0.2) is 0 Å². The Morgan fingerprint density at radius 2 is 2.12 bits per heavy atom. The molecule has 132 valence electrons. The van der Waals surface area contributed by atoms with Gasteiger partial charge in [0.2, 0.25) is 5.91 Å². The summed E-state index contributed by atoms with van der Waals surface area (Å²) in [5, 5.41) is 2.99. The summed E-state index contributed by atoms with van der Waals surface area (Å²) in [6.45, 7) is 4.68. The number of nitrogens with one attached hydrogen (secondary N) is 1. The quantitative estimate of drug-likeness (QED) is 0.735. The van der Waals surface area contributed by atoms with Crippen molar-refractivity contribution < 1.29 is 9.53 Å². The van der Waals surface area contributed by atoms with Gasteiger partial charge in [0.1, 0.15) is 17.0 Å². The molecule has 1 atom stereocenters. The monoisotopic (exact) mass is 347 g/mol. The molecule has 0 bridgehead atoms. The van der Waals surface area contributed by atoms with E-state index in [0.717, 1.165) is 34.8 Å². The summed E-state index contributed by atoms with van der Waals surface area (Å²) in [4.78, 5) is 17.2. The van der Waals surface area contributed by atoms with Gasteiger partial charge in [0, 0.05) is 30.5 Å². The third-order valence-electron chi connectivity index (χ3n) is 5.31. The van der Waals surface area contributed by atoms with Crippen molar-refractivity contribution in [1.29, 1.82) is 0 Å². The Hall–Kier alpha value is -2.82. The van der Waals surface area contributed by atoms with Gasteiger partial charge in [-0.25, -0.2) is 4.98 Å². The lowest BCUT2D eigenvalue weighted by Crippen LogP contribution is -2.25. The topological polar surface area (TPSA) is 55.6 Å². The first-order valence-corrected chi connectivity index (χ1v) is 9.05. The van der Waals surface area contributed by atoms with Crippen molar-refractivity contribution in [3.63, 3.8) is 0 Å². The first-order valence-electron chi connectivity index (χ1n) is 9.05. The van der Waals surface area contributed by atoms with Crippen molar-refractivity contribution in [3.05, 3.63) is 65.1 Å². The van der Waals surface area contributed by atoms with Gasteiger partial charge in [-0.1, -0.05) is 24.3 Å². The molecule has 1 amide bonds. The van der Waals surface area contributed by atoms with Crippen LogP contribution in [0.2, 0.25) is 0 Å². The van der Waals surface area contributed by atoms with Gasteiger partial charge in [-0.3, -0.25) is 4.79 Å². The molecule has 0 radical (unpaired) electrons. The summed E-state index contributed by atoms with van der Waals surface area (Å²) in [5.41, 5.74) is 5.01. The minimum Gasteiger partial charge on any atom is -0.487 e. The van der Waals surface area contributed by atoms with Crippen molar-refractivity contribution in [2.75, 3.05) is 0 Å². The van der Waals surface area contributed by atoms with Crippen LogP contribution in [0, 0.1) is 0 Å². The molecule has 1 aromatic carbocycles. The van der Waals surface area contributed by atoms with E-state index in [9.17, 15) is 4.79 Å². The maximum Gasteiger partial charge on any atom is 0.221 e. The molecule has 0 saturated heterocycles. The van der Waals surface area contributed by atoms with Crippen molar-refractivity contribution in [2.45, 2.75) is 44.8 Å². The molecule has 0 spiro atoms. The zero-order valence-electron chi connectivity index (χ0n) is 15.0. The molecule has 4 heterocycles. The molecule has 5 heteroatoms. The van der Waals surface area contributed by atoms with Crippen LogP contribution >= 0.6 is 0 Å². The van der Waals surface area contributed by atoms with Crippen LogP contribution in [0.25, 0.3) is 5.65 Å². The maximum absolute atomic E-state index is 12.4. The molecule has 0 saturated carbocycles. The molecule has 5 rings (SSSR count). The Morgan fingerprint density at radius 3 is 3.00 bits per heavy atom. The van der Waals surface area contributed by atoms with Crippen LogP contribution in [-0.2, 0) is 17.8 Å².